The maximum atomic E-state index is 13.1. The minimum absolute atomic E-state index is 0.0715. The third kappa shape index (κ3) is 4.99. The van der Waals surface area contributed by atoms with Crippen molar-refractivity contribution >= 4 is 5.97 Å². The summed E-state index contributed by atoms with van der Waals surface area (Å²) in [5.74, 6) is -3.24. The van der Waals surface area contributed by atoms with Crippen LogP contribution in [0.15, 0.2) is 18.2 Å². The fourth-order valence-electron chi connectivity index (χ4n) is 1.70. The van der Waals surface area contributed by atoms with Gasteiger partial charge in [-0.1, -0.05) is 0 Å². The molecule has 0 spiro atoms. The first-order valence-electron chi connectivity index (χ1n) is 5.65. The average molecular weight is 273 g/mol. The molecular weight excluding hydrogens is 260 g/mol. The molecule has 0 saturated carbocycles. The van der Waals surface area contributed by atoms with Crippen molar-refractivity contribution < 1.29 is 23.2 Å². The Labute approximate surface area is 108 Å². The predicted molar refractivity (Wildman–Crippen MR) is 62.2 cm³/mol. The molecule has 0 aliphatic heterocycles. The van der Waals surface area contributed by atoms with Crippen LogP contribution in [0.2, 0.25) is 0 Å². The number of nitrogens with zero attached hydrogens (tertiary/aromatic N) is 1. The summed E-state index contributed by atoms with van der Waals surface area (Å²) >= 11 is 0. The smallest absolute Gasteiger partial charge is 0.306 e. The average Bonchev–Trinajstić information content (AvgIpc) is 2.26. The molecule has 1 unspecified atom stereocenters. The van der Waals surface area contributed by atoms with Crippen LogP contribution in [0.3, 0.4) is 0 Å². The number of rotatable bonds is 6. The van der Waals surface area contributed by atoms with Crippen molar-refractivity contribution in [1.82, 2.24) is 0 Å². The highest BCUT2D eigenvalue weighted by molar-refractivity contribution is 5.70. The summed E-state index contributed by atoms with van der Waals surface area (Å²) in [7, 11) is 0. The number of nitro groups is 1. The van der Waals surface area contributed by atoms with Crippen LogP contribution in [0.5, 0.6) is 0 Å². The van der Waals surface area contributed by atoms with Gasteiger partial charge in [0.2, 0.25) is 6.54 Å². The zero-order valence-corrected chi connectivity index (χ0v) is 10.3. The lowest BCUT2D eigenvalue weighted by molar-refractivity contribution is -0.483. The number of carbonyl (C=O) groups is 1. The summed E-state index contributed by atoms with van der Waals surface area (Å²) in [6.07, 6.45) is -0.294. The van der Waals surface area contributed by atoms with Crippen molar-refractivity contribution in [3.63, 3.8) is 0 Å². The molecule has 0 aliphatic carbocycles. The molecule has 19 heavy (non-hydrogen) atoms. The molecule has 7 heteroatoms. The molecule has 0 radical (unpaired) electrons. The highest BCUT2D eigenvalue weighted by atomic mass is 19.1. The van der Waals surface area contributed by atoms with Gasteiger partial charge >= 0.3 is 5.97 Å². The Morgan fingerprint density at radius 3 is 2.42 bits per heavy atom. The minimum atomic E-state index is -0.917. The number of ether oxygens (including phenoxy) is 1. The number of hydrogen-bond acceptors (Lipinski definition) is 4. The van der Waals surface area contributed by atoms with E-state index in [2.05, 4.69) is 4.74 Å². The van der Waals surface area contributed by atoms with Gasteiger partial charge in [0, 0.05) is 11.0 Å². The number of esters is 1. The largest absolute Gasteiger partial charge is 0.466 e. The second-order valence-electron chi connectivity index (χ2n) is 3.92. The highest BCUT2D eigenvalue weighted by Crippen LogP contribution is 2.22. The van der Waals surface area contributed by atoms with Crippen molar-refractivity contribution in [2.24, 2.45) is 0 Å². The minimum Gasteiger partial charge on any atom is -0.466 e. The Morgan fingerprint density at radius 2 is 1.95 bits per heavy atom. The van der Waals surface area contributed by atoms with Crippen molar-refractivity contribution in [1.29, 1.82) is 0 Å². The maximum Gasteiger partial charge on any atom is 0.306 e. The molecule has 5 nitrogen and oxygen atoms in total. The molecule has 1 aromatic rings. The molecule has 1 aromatic carbocycles. The first-order chi connectivity index (χ1) is 8.92. The quantitative estimate of drug-likeness (QED) is 0.453. The van der Waals surface area contributed by atoms with Crippen LogP contribution in [0.4, 0.5) is 8.78 Å². The molecule has 0 heterocycles. The zero-order chi connectivity index (χ0) is 14.4. The second-order valence-corrected chi connectivity index (χ2v) is 3.92. The second kappa shape index (κ2) is 6.77. The summed E-state index contributed by atoms with van der Waals surface area (Å²) in [6, 6.07) is 2.63. The molecule has 0 amide bonds. The van der Waals surface area contributed by atoms with Gasteiger partial charge in [0.1, 0.15) is 11.6 Å². The van der Waals surface area contributed by atoms with E-state index in [0.717, 1.165) is 12.1 Å². The van der Waals surface area contributed by atoms with Crippen molar-refractivity contribution in [3.05, 3.63) is 45.5 Å². The summed E-state index contributed by atoms with van der Waals surface area (Å²) in [6.45, 7) is 1.14. The summed E-state index contributed by atoms with van der Waals surface area (Å²) in [5.41, 5.74) is 0.0715. The Balaban J connectivity index is 2.95. The molecule has 0 N–H and O–H groups in total. The third-order valence-corrected chi connectivity index (χ3v) is 2.44. The standard InChI is InChI=1S/C12H13F2NO4/c1-2-19-12(16)5-9(7-15(17)18)8-3-10(13)6-11(14)4-8/h3-4,6,9H,2,5,7H2,1H3. The van der Waals surface area contributed by atoms with E-state index in [1.807, 2.05) is 0 Å². The highest BCUT2D eigenvalue weighted by Gasteiger charge is 2.23. The van der Waals surface area contributed by atoms with Gasteiger partial charge in [-0.15, -0.1) is 0 Å². The molecule has 104 valence electrons. The Bertz CT molecular complexity index is 459. The van der Waals surface area contributed by atoms with Crippen LogP contribution in [0, 0.1) is 21.7 Å². The Morgan fingerprint density at radius 1 is 1.37 bits per heavy atom. The van der Waals surface area contributed by atoms with Gasteiger partial charge in [-0.25, -0.2) is 8.78 Å². The first kappa shape index (κ1) is 15.0. The van der Waals surface area contributed by atoms with Crippen LogP contribution in [-0.2, 0) is 9.53 Å². The van der Waals surface area contributed by atoms with E-state index in [4.69, 9.17) is 0 Å². The van der Waals surface area contributed by atoms with E-state index in [1.165, 1.54) is 0 Å². The normalized spacial score (nSPS) is 11.9. The van der Waals surface area contributed by atoms with Crippen LogP contribution in [0.25, 0.3) is 0 Å². The van der Waals surface area contributed by atoms with Crippen molar-refractivity contribution in [2.45, 2.75) is 19.3 Å². The molecular formula is C12H13F2NO4. The van der Waals surface area contributed by atoms with Gasteiger partial charge in [0.25, 0.3) is 0 Å². The zero-order valence-electron chi connectivity index (χ0n) is 10.3. The van der Waals surface area contributed by atoms with Gasteiger partial charge in [-0.3, -0.25) is 14.9 Å². The Kier molecular flexibility index (Phi) is 5.35. The lowest BCUT2D eigenvalue weighted by atomic mass is 9.95. The Hall–Kier alpha value is -2.05. The van der Waals surface area contributed by atoms with E-state index < -0.39 is 35.0 Å². The molecule has 0 aromatic heterocycles. The summed E-state index contributed by atoms with van der Waals surface area (Å²) in [4.78, 5) is 21.3. The van der Waals surface area contributed by atoms with Gasteiger partial charge in [-0.05, 0) is 24.6 Å². The van der Waals surface area contributed by atoms with Crippen LogP contribution < -0.4 is 0 Å². The van der Waals surface area contributed by atoms with Crippen LogP contribution >= 0.6 is 0 Å². The van der Waals surface area contributed by atoms with E-state index in [0.29, 0.717) is 6.07 Å². The number of carbonyl (C=O) groups excluding carboxylic acids is 1. The molecule has 0 aliphatic rings. The van der Waals surface area contributed by atoms with E-state index >= 15 is 0 Å². The lowest BCUT2D eigenvalue weighted by Gasteiger charge is -2.12. The third-order valence-electron chi connectivity index (χ3n) is 2.44. The van der Waals surface area contributed by atoms with Crippen LogP contribution in [-0.4, -0.2) is 24.0 Å². The van der Waals surface area contributed by atoms with E-state index in [1.54, 1.807) is 6.92 Å². The molecule has 1 rings (SSSR count). The maximum absolute atomic E-state index is 13.1. The van der Waals surface area contributed by atoms with Gasteiger partial charge in [0.15, 0.2) is 0 Å². The number of benzene rings is 1. The summed E-state index contributed by atoms with van der Waals surface area (Å²) in [5, 5.41) is 10.6. The predicted octanol–water partition coefficient (Wildman–Crippen LogP) is 2.28. The fraction of sp³-hybridized carbons (Fsp3) is 0.417. The topological polar surface area (TPSA) is 69.4 Å². The van der Waals surface area contributed by atoms with Crippen molar-refractivity contribution in [2.75, 3.05) is 13.2 Å². The molecule has 0 fully saturated rings. The van der Waals surface area contributed by atoms with Gasteiger partial charge < -0.3 is 4.74 Å². The van der Waals surface area contributed by atoms with Gasteiger partial charge in [0.05, 0.1) is 18.9 Å². The fourth-order valence-corrected chi connectivity index (χ4v) is 1.70. The lowest BCUT2D eigenvalue weighted by Crippen LogP contribution is -2.18. The van der Waals surface area contributed by atoms with E-state index in [-0.39, 0.29) is 18.6 Å². The van der Waals surface area contributed by atoms with Crippen LogP contribution in [0.1, 0.15) is 24.8 Å². The first-order valence-corrected chi connectivity index (χ1v) is 5.65. The van der Waals surface area contributed by atoms with Gasteiger partial charge in [-0.2, -0.15) is 0 Å². The molecule has 1 atom stereocenters. The number of halogens is 2. The van der Waals surface area contributed by atoms with E-state index in [9.17, 15) is 23.7 Å². The summed E-state index contributed by atoms with van der Waals surface area (Å²) < 4.78 is 30.9. The molecule has 0 saturated heterocycles. The SMILES string of the molecule is CCOC(=O)CC(C[N+](=O)[O-])c1cc(F)cc(F)c1. The number of hydrogen-bond donors (Lipinski definition) is 0. The molecule has 0 bridgehead atoms. The van der Waals surface area contributed by atoms with Crippen molar-refractivity contribution in [3.8, 4) is 0 Å². The monoisotopic (exact) mass is 273 g/mol.